The lowest BCUT2D eigenvalue weighted by atomic mass is 10.2. The molecule has 1 fully saturated rings. The molecule has 3 N–H and O–H groups in total. The van der Waals surface area contributed by atoms with Crippen molar-refractivity contribution in [3.8, 4) is 0 Å². The van der Waals surface area contributed by atoms with Gasteiger partial charge in [-0.2, -0.15) is 0 Å². The van der Waals surface area contributed by atoms with E-state index in [0.29, 0.717) is 11.6 Å². The average molecular weight is 218 g/mol. The second kappa shape index (κ2) is 5.60. The molecule has 0 amide bonds. The Balaban J connectivity index is 2.29. The monoisotopic (exact) mass is 218 g/mol. The van der Waals surface area contributed by atoms with Crippen molar-refractivity contribution in [3.05, 3.63) is 0 Å². The van der Waals surface area contributed by atoms with Gasteiger partial charge in [-0.1, -0.05) is 12.2 Å². The second-order valence-electron chi connectivity index (χ2n) is 3.70. The fourth-order valence-corrected chi connectivity index (χ4v) is 1.59. The molecule has 4 nitrogen and oxygen atoms in total. The van der Waals surface area contributed by atoms with E-state index in [4.69, 9.17) is 27.8 Å². The van der Waals surface area contributed by atoms with Gasteiger partial charge in [0.1, 0.15) is 11.1 Å². The molecule has 1 aliphatic rings. The molecule has 1 heterocycles. The van der Waals surface area contributed by atoms with E-state index in [1.165, 1.54) is 0 Å². The smallest absolute Gasteiger partial charge is 0.120 e. The molecule has 0 radical (unpaired) electrons. The van der Waals surface area contributed by atoms with Crippen molar-refractivity contribution < 1.29 is 9.84 Å². The molecule has 5 heteroatoms. The van der Waals surface area contributed by atoms with Crippen LogP contribution in [-0.2, 0) is 4.74 Å². The molecule has 0 spiro atoms. The standard InChI is InChI=1S/C9H18N2O2S/c1-7(12)2-3-11-4-5-13-8(6-11)9(10)14/h7-8,12H,2-6H2,1H3,(H2,10,14). The molecule has 1 rings (SSSR count). The number of morpholine rings is 1. The normalized spacial score (nSPS) is 26.0. The van der Waals surface area contributed by atoms with Gasteiger partial charge < -0.3 is 15.6 Å². The summed E-state index contributed by atoms with van der Waals surface area (Å²) in [6, 6.07) is 0. The van der Waals surface area contributed by atoms with Crippen molar-refractivity contribution >= 4 is 17.2 Å². The molecule has 0 aromatic carbocycles. The van der Waals surface area contributed by atoms with E-state index in [0.717, 1.165) is 26.1 Å². The number of aliphatic hydroxyl groups is 1. The van der Waals surface area contributed by atoms with E-state index in [2.05, 4.69) is 4.90 Å². The zero-order chi connectivity index (χ0) is 10.6. The molecule has 14 heavy (non-hydrogen) atoms. The van der Waals surface area contributed by atoms with Gasteiger partial charge in [0.05, 0.1) is 12.7 Å². The van der Waals surface area contributed by atoms with E-state index in [-0.39, 0.29) is 12.2 Å². The Kier molecular flexibility index (Phi) is 4.74. The molecule has 1 saturated heterocycles. The lowest BCUT2D eigenvalue weighted by Gasteiger charge is -2.32. The van der Waals surface area contributed by atoms with Gasteiger partial charge in [-0.15, -0.1) is 0 Å². The second-order valence-corrected chi connectivity index (χ2v) is 4.17. The molecule has 0 aromatic rings. The highest BCUT2D eigenvalue weighted by Crippen LogP contribution is 2.06. The summed E-state index contributed by atoms with van der Waals surface area (Å²) in [5.74, 6) is 0. The predicted molar refractivity (Wildman–Crippen MR) is 59.3 cm³/mol. The molecule has 0 aromatic heterocycles. The quantitative estimate of drug-likeness (QED) is 0.637. The third-order valence-corrected chi connectivity index (χ3v) is 2.59. The molecule has 2 atom stereocenters. The van der Waals surface area contributed by atoms with Crippen LogP contribution in [0.3, 0.4) is 0 Å². The highest BCUT2D eigenvalue weighted by atomic mass is 32.1. The fourth-order valence-electron chi connectivity index (χ4n) is 1.45. The zero-order valence-corrected chi connectivity index (χ0v) is 9.30. The molecule has 1 aliphatic heterocycles. The minimum atomic E-state index is -0.249. The van der Waals surface area contributed by atoms with Crippen LogP contribution >= 0.6 is 12.2 Å². The molecular formula is C9H18N2O2S. The highest BCUT2D eigenvalue weighted by Gasteiger charge is 2.22. The van der Waals surface area contributed by atoms with Gasteiger partial charge in [-0.05, 0) is 13.3 Å². The SMILES string of the molecule is CC(O)CCN1CCOC(C(N)=S)C1. The van der Waals surface area contributed by atoms with Crippen LogP contribution < -0.4 is 5.73 Å². The van der Waals surface area contributed by atoms with Gasteiger partial charge in [-0.25, -0.2) is 0 Å². The summed E-state index contributed by atoms with van der Waals surface area (Å²) in [7, 11) is 0. The van der Waals surface area contributed by atoms with Gasteiger partial charge >= 0.3 is 0 Å². The van der Waals surface area contributed by atoms with Crippen LogP contribution in [0.25, 0.3) is 0 Å². The Hall–Kier alpha value is -0.230. The van der Waals surface area contributed by atoms with Crippen molar-refractivity contribution in [2.24, 2.45) is 5.73 Å². The number of aliphatic hydroxyl groups excluding tert-OH is 1. The Morgan fingerprint density at radius 3 is 3.07 bits per heavy atom. The van der Waals surface area contributed by atoms with E-state index >= 15 is 0 Å². The van der Waals surface area contributed by atoms with Crippen LogP contribution in [0.5, 0.6) is 0 Å². The maximum absolute atomic E-state index is 9.15. The minimum Gasteiger partial charge on any atom is -0.393 e. The fraction of sp³-hybridized carbons (Fsp3) is 0.889. The summed E-state index contributed by atoms with van der Waals surface area (Å²) >= 11 is 4.88. The van der Waals surface area contributed by atoms with E-state index in [9.17, 15) is 0 Å². The first-order chi connectivity index (χ1) is 6.59. The largest absolute Gasteiger partial charge is 0.393 e. The summed E-state index contributed by atoms with van der Waals surface area (Å²) in [6.45, 7) is 4.99. The maximum atomic E-state index is 9.15. The van der Waals surface area contributed by atoms with Crippen molar-refractivity contribution in [1.82, 2.24) is 4.90 Å². The molecule has 2 unspecified atom stereocenters. The summed E-state index contributed by atoms with van der Waals surface area (Å²) in [5, 5.41) is 9.15. The van der Waals surface area contributed by atoms with Crippen LogP contribution in [0, 0.1) is 0 Å². The molecule has 0 aliphatic carbocycles. The van der Waals surface area contributed by atoms with Crippen molar-refractivity contribution in [2.45, 2.75) is 25.6 Å². The van der Waals surface area contributed by atoms with Gasteiger partial charge in [0.15, 0.2) is 0 Å². The molecule has 0 saturated carbocycles. The Morgan fingerprint density at radius 2 is 2.50 bits per heavy atom. The number of nitrogens with zero attached hydrogens (tertiary/aromatic N) is 1. The first-order valence-electron chi connectivity index (χ1n) is 4.91. The Morgan fingerprint density at radius 1 is 1.79 bits per heavy atom. The van der Waals surface area contributed by atoms with Gasteiger partial charge in [0.25, 0.3) is 0 Å². The number of thiocarbonyl (C=S) groups is 1. The summed E-state index contributed by atoms with van der Waals surface area (Å²) < 4.78 is 5.41. The van der Waals surface area contributed by atoms with Gasteiger partial charge in [-0.3, -0.25) is 4.90 Å². The molecular weight excluding hydrogens is 200 g/mol. The van der Waals surface area contributed by atoms with Crippen LogP contribution in [0.2, 0.25) is 0 Å². The lowest BCUT2D eigenvalue weighted by Crippen LogP contribution is -2.48. The van der Waals surface area contributed by atoms with Crippen molar-refractivity contribution in [2.75, 3.05) is 26.2 Å². The molecule has 0 bridgehead atoms. The third kappa shape index (κ3) is 3.88. The lowest BCUT2D eigenvalue weighted by molar-refractivity contribution is 0.00270. The summed E-state index contributed by atoms with van der Waals surface area (Å²) in [6.07, 6.45) is 0.415. The first-order valence-corrected chi connectivity index (χ1v) is 5.31. The maximum Gasteiger partial charge on any atom is 0.120 e. The summed E-state index contributed by atoms with van der Waals surface area (Å²) in [5.41, 5.74) is 5.52. The zero-order valence-electron chi connectivity index (χ0n) is 8.48. The van der Waals surface area contributed by atoms with Gasteiger partial charge in [0.2, 0.25) is 0 Å². The van der Waals surface area contributed by atoms with E-state index in [1.807, 2.05) is 0 Å². The Labute approximate surface area is 90.0 Å². The van der Waals surface area contributed by atoms with Crippen LogP contribution in [0.4, 0.5) is 0 Å². The number of nitrogens with two attached hydrogens (primary N) is 1. The number of hydrogen-bond acceptors (Lipinski definition) is 4. The number of rotatable bonds is 4. The number of hydrogen-bond donors (Lipinski definition) is 2. The predicted octanol–water partition coefficient (Wildman–Crippen LogP) is -0.256. The summed E-state index contributed by atoms with van der Waals surface area (Å²) in [4.78, 5) is 2.65. The average Bonchev–Trinajstić information content (AvgIpc) is 2.15. The van der Waals surface area contributed by atoms with Crippen LogP contribution in [-0.4, -0.2) is 53.4 Å². The van der Waals surface area contributed by atoms with E-state index < -0.39 is 0 Å². The highest BCUT2D eigenvalue weighted by molar-refractivity contribution is 7.80. The van der Waals surface area contributed by atoms with Crippen LogP contribution in [0.1, 0.15) is 13.3 Å². The minimum absolute atomic E-state index is 0.118. The topological polar surface area (TPSA) is 58.7 Å². The van der Waals surface area contributed by atoms with E-state index in [1.54, 1.807) is 6.92 Å². The Bertz CT molecular complexity index is 199. The molecule has 82 valence electrons. The first kappa shape index (κ1) is 11.8. The van der Waals surface area contributed by atoms with Crippen molar-refractivity contribution in [1.29, 1.82) is 0 Å². The van der Waals surface area contributed by atoms with Crippen LogP contribution in [0.15, 0.2) is 0 Å². The van der Waals surface area contributed by atoms with Gasteiger partial charge in [0, 0.05) is 19.6 Å². The number of ether oxygens (including phenoxy) is 1. The van der Waals surface area contributed by atoms with Crippen molar-refractivity contribution in [3.63, 3.8) is 0 Å². The third-order valence-electron chi connectivity index (χ3n) is 2.33.